The lowest BCUT2D eigenvalue weighted by Crippen LogP contribution is -2.25. The number of hydrogen-bond acceptors (Lipinski definition) is 3. The number of benzene rings is 3. The van der Waals surface area contributed by atoms with Crippen LogP contribution in [0.3, 0.4) is 0 Å². The fourth-order valence-corrected chi connectivity index (χ4v) is 3.34. The van der Waals surface area contributed by atoms with Crippen LogP contribution in [-0.2, 0) is 6.54 Å². The molecule has 5 heteroatoms. The zero-order chi connectivity index (χ0) is 18.8. The van der Waals surface area contributed by atoms with Gasteiger partial charge in [0.05, 0.1) is 24.9 Å². The summed E-state index contributed by atoms with van der Waals surface area (Å²) in [6, 6.07) is 22.9. The lowest BCUT2D eigenvalue weighted by Gasteiger charge is -2.16. The molecule has 0 N–H and O–H groups in total. The summed E-state index contributed by atoms with van der Waals surface area (Å²) in [5.41, 5.74) is 3.08. The number of ether oxygens (including phenoxy) is 1. The van der Waals surface area contributed by atoms with Crippen molar-refractivity contribution in [1.82, 2.24) is 9.55 Å². The van der Waals surface area contributed by atoms with Gasteiger partial charge in [0.25, 0.3) is 0 Å². The molecule has 134 valence electrons. The molecule has 27 heavy (non-hydrogen) atoms. The van der Waals surface area contributed by atoms with Crippen LogP contribution in [0.2, 0.25) is 5.02 Å². The van der Waals surface area contributed by atoms with E-state index in [1.165, 1.54) is 0 Å². The van der Waals surface area contributed by atoms with Crippen molar-refractivity contribution in [2.45, 2.75) is 6.54 Å². The number of methoxy groups -OCH3 is 1. The van der Waals surface area contributed by atoms with Gasteiger partial charge < -0.3 is 4.74 Å². The van der Waals surface area contributed by atoms with Crippen LogP contribution in [0.25, 0.3) is 22.2 Å². The van der Waals surface area contributed by atoms with Crippen molar-refractivity contribution >= 4 is 22.5 Å². The minimum absolute atomic E-state index is 0.292. The van der Waals surface area contributed by atoms with Crippen molar-refractivity contribution in [1.29, 1.82) is 0 Å². The summed E-state index contributed by atoms with van der Waals surface area (Å²) >= 11 is 6.23. The van der Waals surface area contributed by atoms with Crippen LogP contribution in [0.5, 0.6) is 5.75 Å². The molecule has 3 aromatic carbocycles. The molecule has 1 heterocycles. The van der Waals surface area contributed by atoms with Crippen LogP contribution in [0.1, 0.15) is 5.56 Å². The molecule has 0 spiro atoms. The van der Waals surface area contributed by atoms with Gasteiger partial charge in [0, 0.05) is 10.4 Å². The van der Waals surface area contributed by atoms with Crippen LogP contribution in [-0.4, -0.2) is 16.7 Å². The van der Waals surface area contributed by atoms with Crippen LogP contribution in [0, 0.1) is 0 Å². The monoisotopic (exact) mass is 376 g/mol. The van der Waals surface area contributed by atoms with E-state index in [1.54, 1.807) is 23.8 Å². The Hall–Kier alpha value is -3.11. The number of rotatable bonds is 4. The van der Waals surface area contributed by atoms with E-state index >= 15 is 0 Å². The third-order valence-corrected chi connectivity index (χ3v) is 4.71. The third-order valence-electron chi connectivity index (χ3n) is 4.48. The molecule has 0 aliphatic rings. The average molecular weight is 377 g/mol. The molecule has 0 saturated carbocycles. The second kappa shape index (κ2) is 7.25. The van der Waals surface area contributed by atoms with E-state index < -0.39 is 0 Å². The first kappa shape index (κ1) is 17.3. The summed E-state index contributed by atoms with van der Waals surface area (Å²) < 4.78 is 6.90. The minimum atomic E-state index is -0.292. The molecule has 0 saturated heterocycles. The second-order valence-electron chi connectivity index (χ2n) is 6.20. The molecular formula is C22H17ClN2O2. The van der Waals surface area contributed by atoms with Gasteiger partial charge in [-0.25, -0.2) is 4.79 Å². The van der Waals surface area contributed by atoms with Crippen molar-refractivity contribution in [2.24, 2.45) is 0 Å². The van der Waals surface area contributed by atoms with Crippen molar-refractivity contribution in [3.05, 3.63) is 93.9 Å². The van der Waals surface area contributed by atoms with E-state index in [-0.39, 0.29) is 5.69 Å². The van der Waals surface area contributed by atoms with Gasteiger partial charge in [0.15, 0.2) is 0 Å². The fourth-order valence-electron chi connectivity index (χ4n) is 3.17. The second-order valence-corrected chi connectivity index (χ2v) is 6.64. The van der Waals surface area contributed by atoms with Gasteiger partial charge in [-0.15, -0.1) is 0 Å². The molecule has 1 aromatic heterocycles. The first-order valence-corrected chi connectivity index (χ1v) is 8.92. The lowest BCUT2D eigenvalue weighted by molar-refractivity contribution is 0.414. The Balaban J connectivity index is 1.95. The van der Waals surface area contributed by atoms with Gasteiger partial charge in [-0.3, -0.25) is 4.57 Å². The number of halogens is 1. The van der Waals surface area contributed by atoms with Gasteiger partial charge in [0.2, 0.25) is 0 Å². The lowest BCUT2D eigenvalue weighted by atomic mass is 10.1. The van der Waals surface area contributed by atoms with Crippen molar-refractivity contribution in [3.63, 3.8) is 0 Å². The molecule has 0 aliphatic heterocycles. The number of nitrogens with zero attached hydrogens (tertiary/aromatic N) is 2. The third kappa shape index (κ3) is 3.44. The number of aromatic nitrogens is 2. The molecule has 0 amide bonds. The van der Waals surface area contributed by atoms with Crippen molar-refractivity contribution in [3.8, 4) is 17.0 Å². The molecule has 4 nitrogen and oxygen atoms in total. The molecule has 4 aromatic rings. The Bertz CT molecular complexity index is 1150. The molecule has 0 bridgehead atoms. The van der Waals surface area contributed by atoms with Gasteiger partial charge in [-0.1, -0.05) is 54.1 Å². The fraction of sp³-hybridized carbons (Fsp3) is 0.0909. The number of fused-ring (bicyclic) bond motifs is 1. The highest BCUT2D eigenvalue weighted by Crippen LogP contribution is 2.29. The van der Waals surface area contributed by atoms with E-state index in [4.69, 9.17) is 16.3 Å². The summed E-state index contributed by atoms with van der Waals surface area (Å²) in [7, 11) is 1.63. The summed E-state index contributed by atoms with van der Waals surface area (Å²) in [6.45, 7) is 0.405. The predicted octanol–water partition coefficient (Wildman–Crippen LogP) is 4.77. The number of hydrogen-bond donors (Lipinski definition) is 0. The quantitative estimate of drug-likeness (QED) is 0.515. The maximum Gasteiger partial charge on any atom is 0.348 e. The smallest absolute Gasteiger partial charge is 0.348 e. The van der Waals surface area contributed by atoms with Gasteiger partial charge in [-0.05, 0) is 41.5 Å². The zero-order valence-corrected chi connectivity index (χ0v) is 15.5. The highest BCUT2D eigenvalue weighted by molar-refractivity contribution is 6.31. The topological polar surface area (TPSA) is 44.1 Å². The normalized spacial score (nSPS) is 10.9. The minimum Gasteiger partial charge on any atom is -0.497 e. The van der Waals surface area contributed by atoms with E-state index in [9.17, 15) is 4.79 Å². The Morgan fingerprint density at radius 1 is 1.00 bits per heavy atom. The van der Waals surface area contributed by atoms with Gasteiger partial charge in [-0.2, -0.15) is 4.98 Å². The Kier molecular flexibility index (Phi) is 4.65. The summed E-state index contributed by atoms with van der Waals surface area (Å²) in [5, 5.41) is 1.46. The summed E-state index contributed by atoms with van der Waals surface area (Å²) in [6.07, 6.45) is 0. The van der Waals surface area contributed by atoms with E-state index in [2.05, 4.69) is 4.98 Å². The summed E-state index contributed by atoms with van der Waals surface area (Å²) in [5.74, 6) is 0.776. The molecule has 0 unspecified atom stereocenters. The Morgan fingerprint density at radius 3 is 2.44 bits per heavy atom. The van der Waals surface area contributed by atoms with E-state index in [0.717, 1.165) is 28.0 Å². The van der Waals surface area contributed by atoms with Crippen molar-refractivity contribution in [2.75, 3.05) is 7.11 Å². The maximum absolute atomic E-state index is 12.8. The molecule has 4 rings (SSSR count). The largest absolute Gasteiger partial charge is 0.497 e. The molecule has 0 atom stereocenters. The van der Waals surface area contributed by atoms with Gasteiger partial charge >= 0.3 is 5.69 Å². The van der Waals surface area contributed by atoms with Gasteiger partial charge in [0.1, 0.15) is 5.75 Å². The summed E-state index contributed by atoms with van der Waals surface area (Å²) in [4.78, 5) is 17.1. The Morgan fingerprint density at radius 2 is 1.74 bits per heavy atom. The standard InChI is InChI=1S/C22H17ClN2O2/c1-27-18-10-7-15(8-11-18)14-25-21(16-5-3-2-4-6-16)19-13-17(23)9-12-20(19)24-22(25)26/h2-13H,14H2,1H3. The van der Waals surface area contributed by atoms with Crippen LogP contribution >= 0.6 is 11.6 Å². The highest BCUT2D eigenvalue weighted by Gasteiger charge is 2.14. The van der Waals surface area contributed by atoms with E-state index in [1.807, 2.05) is 60.7 Å². The SMILES string of the molecule is COc1ccc(Cn2c(-c3ccccc3)c3cc(Cl)ccc3nc2=O)cc1. The first-order chi connectivity index (χ1) is 13.2. The molecule has 0 radical (unpaired) electrons. The Labute approximate surface area is 161 Å². The van der Waals surface area contributed by atoms with E-state index in [0.29, 0.717) is 17.1 Å². The van der Waals surface area contributed by atoms with Crippen LogP contribution in [0.4, 0.5) is 0 Å². The molecule has 0 fully saturated rings. The molecular weight excluding hydrogens is 360 g/mol. The van der Waals surface area contributed by atoms with Crippen molar-refractivity contribution < 1.29 is 4.74 Å². The zero-order valence-electron chi connectivity index (χ0n) is 14.7. The maximum atomic E-state index is 12.8. The predicted molar refractivity (Wildman–Crippen MR) is 109 cm³/mol. The van der Waals surface area contributed by atoms with Crippen LogP contribution in [0.15, 0.2) is 77.6 Å². The molecule has 0 aliphatic carbocycles. The average Bonchev–Trinajstić information content (AvgIpc) is 2.70. The van der Waals surface area contributed by atoms with Crippen LogP contribution < -0.4 is 10.4 Å². The first-order valence-electron chi connectivity index (χ1n) is 8.54. The highest BCUT2D eigenvalue weighted by atomic mass is 35.5.